The van der Waals surface area contributed by atoms with Crippen molar-refractivity contribution in [3.05, 3.63) is 59.3 Å². The zero-order chi connectivity index (χ0) is 12.1. The van der Waals surface area contributed by atoms with E-state index in [-0.39, 0.29) is 13.2 Å². The summed E-state index contributed by atoms with van der Waals surface area (Å²) >= 11 is 0. The van der Waals surface area contributed by atoms with Crippen molar-refractivity contribution in [2.75, 3.05) is 13.2 Å². The molecule has 2 nitrogen and oxygen atoms in total. The molecule has 2 aromatic carbocycles. The largest absolute Gasteiger partial charge is 0.391 e. The van der Waals surface area contributed by atoms with E-state index in [2.05, 4.69) is 23.9 Å². The van der Waals surface area contributed by atoms with Crippen molar-refractivity contribution in [3.63, 3.8) is 0 Å². The fraction of sp³-hybridized carbons (Fsp3) is 0.133. The van der Waals surface area contributed by atoms with E-state index in [1.54, 1.807) is 6.08 Å². The van der Waals surface area contributed by atoms with Gasteiger partial charge < -0.3 is 10.2 Å². The van der Waals surface area contributed by atoms with Crippen LogP contribution in [0.5, 0.6) is 0 Å². The normalized spacial score (nSPS) is 10.0. The highest BCUT2D eigenvalue weighted by Gasteiger charge is 1.93. The Morgan fingerprint density at radius 3 is 2.41 bits per heavy atom. The first-order valence-corrected chi connectivity index (χ1v) is 5.48. The molecule has 17 heavy (non-hydrogen) atoms. The Kier molecular flexibility index (Phi) is 3.73. The van der Waals surface area contributed by atoms with E-state index >= 15 is 0 Å². The summed E-state index contributed by atoms with van der Waals surface area (Å²) < 4.78 is 0. The Labute approximate surface area is 100 Å². The maximum Gasteiger partial charge on any atom is 0.0738 e. The molecule has 2 rings (SSSR count). The quantitative estimate of drug-likeness (QED) is 0.789. The van der Waals surface area contributed by atoms with Crippen LogP contribution < -0.4 is 0 Å². The third-order valence-corrected chi connectivity index (χ3v) is 2.60. The van der Waals surface area contributed by atoms with Crippen molar-refractivity contribution in [2.24, 2.45) is 0 Å². The molecule has 0 aliphatic carbocycles. The van der Waals surface area contributed by atoms with Gasteiger partial charge in [-0.2, -0.15) is 0 Å². The van der Waals surface area contributed by atoms with Gasteiger partial charge in [0, 0.05) is 5.57 Å². The number of rotatable bonds is 3. The second kappa shape index (κ2) is 5.46. The van der Waals surface area contributed by atoms with Gasteiger partial charge in [-0.05, 0) is 28.5 Å². The van der Waals surface area contributed by atoms with Crippen molar-refractivity contribution >= 4 is 16.8 Å². The lowest BCUT2D eigenvalue weighted by Crippen LogP contribution is -1.93. The summed E-state index contributed by atoms with van der Waals surface area (Å²) in [5, 5.41) is 20.1. The van der Waals surface area contributed by atoms with Crippen molar-refractivity contribution in [3.8, 4) is 0 Å². The van der Waals surface area contributed by atoms with Gasteiger partial charge in [0.2, 0.25) is 0 Å². The predicted octanol–water partition coefficient (Wildman–Crippen LogP) is 2.36. The van der Waals surface area contributed by atoms with Gasteiger partial charge in [-0.15, -0.1) is 5.73 Å². The monoisotopic (exact) mass is 226 g/mol. The number of fused-ring (bicyclic) bond motifs is 1. The minimum Gasteiger partial charge on any atom is -0.391 e. The summed E-state index contributed by atoms with van der Waals surface area (Å²) in [6, 6.07) is 14.2. The van der Waals surface area contributed by atoms with Crippen LogP contribution in [0.15, 0.2) is 53.8 Å². The Morgan fingerprint density at radius 1 is 1.00 bits per heavy atom. The van der Waals surface area contributed by atoms with Gasteiger partial charge in [0.05, 0.1) is 13.2 Å². The summed E-state index contributed by atoms with van der Waals surface area (Å²) in [6.07, 6.45) is 1.77. The molecule has 0 unspecified atom stereocenters. The lowest BCUT2D eigenvalue weighted by molar-refractivity contribution is 0.277. The third-order valence-electron chi connectivity index (χ3n) is 2.60. The van der Waals surface area contributed by atoms with E-state index in [4.69, 9.17) is 10.2 Å². The van der Waals surface area contributed by atoms with Crippen molar-refractivity contribution in [1.29, 1.82) is 0 Å². The lowest BCUT2D eigenvalue weighted by atomic mass is 10.1. The molecule has 0 heterocycles. The van der Waals surface area contributed by atoms with Gasteiger partial charge in [-0.25, -0.2) is 0 Å². The van der Waals surface area contributed by atoms with Crippen LogP contribution in [0.1, 0.15) is 5.56 Å². The maximum atomic E-state index is 8.90. The molecule has 86 valence electrons. The van der Waals surface area contributed by atoms with Crippen LogP contribution in [-0.4, -0.2) is 23.4 Å². The van der Waals surface area contributed by atoms with Crippen LogP contribution in [0.3, 0.4) is 0 Å². The van der Waals surface area contributed by atoms with Gasteiger partial charge >= 0.3 is 0 Å². The number of benzene rings is 2. The highest BCUT2D eigenvalue weighted by Crippen LogP contribution is 2.16. The smallest absolute Gasteiger partial charge is 0.0738 e. The molecule has 0 bridgehead atoms. The average Bonchev–Trinajstić information content (AvgIpc) is 2.40. The fourth-order valence-electron chi connectivity index (χ4n) is 1.62. The maximum absolute atomic E-state index is 8.90. The van der Waals surface area contributed by atoms with E-state index in [0.717, 1.165) is 10.9 Å². The van der Waals surface area contributed by atoms with Crippen molar-refractivity contribution < 1.29 is 10.2 Å². The van der Waals surface area contributed by atoms with E-state index in [0.29, 0.717) is 5.57 Å². The Hall–Kier alpha value is -1.86. The number of hydrogen-bond acceptors (Lipinski definition) is 2. The molecule has 0 aliphatic rings. The number of hydrogen-bond donors (Lipinski definition) is 2. The van der Waals surface area contributed by atoms with Crippen LogP contribution in [0.2, 0.25) is 0 Å². The molecule has 0 atom stereocenters. The highest BCUT2D eigenvalue weighted by atomic mass is 16.3. The lowest BCUT2D eigenvalue weighted by Gasteiger charge is -1.98. The molecule has 2 heteroatoms. The molecule has 0 amide bonds. The highest BCUT2D eigenvalue weighted by molar-refractivity contribution is 5.84. The van der Waals surface area contributed by atoms with Crippen LogP contribution in [-0.2, 0) is 0 Å². The SMILES string of the molecule is OCC(=C=Cc1ccc2ccccc2c1)CO. The van der Waals surface area contributed by atoms with E-state index in [9.17, 15) is 0 Å². The first-order chi connectivity index (χ1) is 8.33. The standard InChI is InChI=1S/C15H14O2/c16-10-13(11-17)6-5-12-7-8-14-3-1-2-4-15(14)9-12/h1-5,7-9,16-17H,10-11H2. The van der Waals surface area contributed by atoms with Crippen LogP contribution >= 0.6 is 0 Å². The molecule has 2 aromatic rings. The second-order valence-electron chi connectivity index (χ2n) is 3.82. The van der Waals surface area contributed by atoms with Gasteiger partial charge in [-0.3, -0.25) is 0 Å². The van der Waals surface area contributed by atoms with Crippen LogP contribution in [0.25, 0.3) is 16.8 Å². The van der Waals surface area contributed by atoms with Gasteiger partial charge in [0.15, 0.2) is 0 Å². The average molecular weight is 226 g/mol. The van der Waals surface area contributed by atoms with Crippen LogP contribution in [0, 0.1) is 0 Å². The molecule has 0 spiro atoms. The molecule has 0 saturated heterocycles. The molecule has 0 aromatic heterocycles. The molecule has 0 saturated carbocycles. The van der Waals surface area contributed by atoms with Crippen LogP contribution in [0.4, 0.5) is 0 Å². The minimum absolute atomic E-state index is 0.166. The van der Waals surface area contributed by atoms with E-state index in [1.807, 2.05) is 24.3 Å². The summed E-state index contributed by atoms with van der Waals surface area (Å²) in [4.78, 5) is 0. The van der Waals surface area contributed by atoms with Gasteiger partial charge in [-0.1, -0.05) is 36.4 Å². The second-order valence-corrected chi connectivity index (χ2v) is 3.82. The minimum atomic E-state index is -0.166. The number of aliphatic hydroxyl groups excluding tert-OH is 2. The fourth-order valence-corrected chi connectivity index (χ4v) is 1.62. The summed E-state index contributed by atoms with van der Waals surface area (Å²) in [5.74, 6) is 0. The van der Waals surface area contributed by atoms with Gasteiger partial charge in [0.25, 0.3) is 0 Å². The molecular weight excluding hydrogens is 212 g/mol. The molecular formula is C15H14O2. The van der Waals surface area contributed by atoms with Gasteiger partial charge in [0.1, 0.15) is 0 Å². The summed E-state index contributed by atoms with van der Waals surface area (Å²) in [6.45, 7) is -0.332. The first kappa shape index (κ1) is 11.6. The Balaban J connectivity index is 2.40. The zero-order valence-electron chi connectivity index (χ0n) is 9.43. The van der Waals surface area contributed by atoms with E-state index < -0.39 is 0 Å². The Bertz CT molecular complexity index is 572. The molecule has 0 aliphatic heterocycles. The zero-order valence-corrected chi connectivity index (χ0v) is 9.43. The topological polar surface area (TPSA) is 40.5 Å². The molecule has 2 N–H and O–H groups in total. The van der Waals surface area contributed by atoms with Crippen molar-refractivity contribution in [2.45, 2.75) is 0 Å². The predicted molar refractivity (Wildman–Crippen MR) is 69.6 cm³/mol. The number of aliphatic hydroxyl groups is 2. The first-order valence-electron chi connectivity index (χ1n) is 5.48. The van der Waals surface area contributed by atoms with Crippen molar-refractivity contribution in [1.82, 2.24) is 0 Å². The third kappa shape index (κ3) is 2.83. The molecule has 0 radical (unpaired) electrons. The summed E-state index contributed by atoms with van der Waals surface area (Å²) in [7, 11) is 0. The van der Waals surface area contributed by atoms with E-state index in [1.165, 1.54) is 5.39 Å². The summed E-state index contributed by atoms with van der Waals surface area (Å²) in [5.41, 5.74) is 4.38. The molecule has 0 fully saturated rings. The Morgan fingerprint density at radius 2 is 1.71 bits per heavy atom.